The van der Waals surface area contributed by atoms with E-state index in [1.54, 1.807) is 17.2 Å². The fourth-order valence-electron chi connectivity index (χ4n) is 4.70. The van der Waals surface area contributed by atoms with Crippen LogP contribution in [0.4, 0.5) is 27.9 Å². The predicted octanol–water partition coefficient (Wildman–Crippen LogP) is 2.24. The van der Waals surface area contributed by atoms with E-state index in [1.807, 2.05) is 12.1 Å². The minimum atomic E-state index is -0.414. The zero-order chi connectivity index (χ0) is 26.6. The molecule has 2 aromatic heterocycles. The summed E-state index contributed by atoms with van der Waals surface area (Å²) in [6, 6.07) is 9.26. The number of carbonyl (C=O) groups excluding carboxylic acids is 2. The number of amides is 3. The van der Waals surface area contributed by atoms with E-state index in [0.717, 1.165) is 31.9 Å². The van der Waals surface area contributed by atoms with Gasteiger partial charge in [0.05, 0.1) is 5.39 Å². The van der Waals surface area contributed by atoms with E-state index >= 15 is 0 Å². The van der Waals surface area contributed by atoms with Crippen molar-refractivity contribution in [3.63, 3.8) is 0 Å². The van der Waals surface area contributed by atoms with Gasteiger partial charge in [-0.2, -0.15) is 4.98 Å². The Labute approximate surface area is 221 Å². The molecule has 11 nitrogen and oxygen atoms in total. The number of pyridine rings is 1. The number of nitrogens with one attached hydrogen (secondary N) is 3. The standard InChI is InChI=1S/C27H31N9O2/c1-4-19-15-24(32-27(38)30-21-9-10-36(17-21)18(2)37)31-25-23(19)16-28-26(33-25)29-20-5-7-22(8-6-20)35-13-11-34(3)12-14-35/h1,5-8,15-16,21H,9-14,17H2,2-3H3,(H3,28,29,30,31,32,33,38)/t21-/m0/s1. The molecule has 3 aromatic rings. The Morgan fingerprint density at radius 2 is 1.84 bits per heavy atom. The second kappa shape index (κ2) is 10.9. The number of likely N-dealkylation sites (tertiary alicyclic amines) is 1. The van der Waals surface area contributed by atoms with Crippen LogP contribution in [0.2, 0.25) is 0 Å². The Hall–Kier alpha value is -4.43. The van der Waals surface area contributed by atoms with E-state index in [-0.39, 0.29) is 17.8 Å². The molecule has 3 amide bonds. The lowest BCUT2D eigenvalue weighted by molar-refractivity contribution is -0.127. The van der Waals surface area contributed by atoms with Crippen molar-refractivity contribution in [2.75, 3.05) is 61.8 Å². The summed E-state index contributed by atoms with van der Waals surface area (Å²) in [6.45, 7) is 6.75. The highest BCUT2D eigenvalue weighted by Gasteiger charge is 2.25. The third-order valence-corrected chi connectivity index (χ3v) is 6.92. The van der Waals surface area contributed by atoms with Gasteiger partial charge in [-0.1, -0.05) is 5.92 Å². The molecule has 5 rings (SSSR count). The topological polar surface area (TPSA) is 119 Å². The van der Waals surface area contributed by atoms with Gasteiger partial charge in [-0.15, -0.1) is 6.42 Å². The fourth-order valence-corrected chi connectivity index (χ4v) is 4.70. The molecule has 38 heavy (non-hydrogen) atoms. The van der Waals surface area contributed by atoms with E-state index in [2.05, 4.69) is 65.8 Å². The minimum absolute atomic E-state index is 0.000335. The first-order valence-electron chi connectivity index (χ1n) is 12.7. The molecule has 0 saturated carbocycles. The summed E-state index contributed by atoms with van der Waals surface area (Å²) >= 11 is 0. The van der Waals surface area contributed by atoms with Gasteiger partial charge < -0.3 is 25.3 Å². The number of hydrogen-bond donors (Lipinski definition) is 3. The molecule has 0 aliphatic carbocycles. The Bertz CT molecular complexity index is 1380. The number of likely N-dealkylation sites (N-methyl/N-ethyl adjacent to an activating group) is 1. The van der Waals surface area contributed by atoms with Crippen molar-refractivity contribution in [1.82, 2.24) is 30.1 Å². The molecule has 11 heteroatoms. The van der Waals surface area contributed by atoms with Crippen molar-refractivity contribution in [3.05, 3.63) is 42.1 Å². The van der Waals surface area contributed by atoms with Gasteiger partial charge in [-0.05, 0) is 43.8 Å². The lowest BCUT2D eigenvalue weighted by atomic mass is 10.2. The fraction of sp³-hybridized carbons (Fsp3) is 0.370. The molecule has 0 unspecified atom stereocenters. The number of rotatable bonds is 5. The van der Waals surface area contributed by atoms with Gasteiger partial charge in [-0.25, -0.2) is 14.8 Å². The van der Waals surface area contributed by atoms with Gasteiger partial charge in [0, 0.05) is 75.4 Å². The maximum atomic E-state index is 12.6. The highest BCUT2D eigenvalue weighted by atomic mass is 16.2. The molecule has 4 heterocycles. The van der Waals surface area contributed by atoms with Crippen molar-refractivity contribution in [3.8, 4) is 12.3 Å². The van der Waals surface area contributed by atoms with Crippen LogP contribution in [0.1, 0.15) is 18.9 Å². The summed E-state index contributed by atoms with van der Waals surface area (Å²) in [7, 11) is 2.14. The SMILES string of the molecule is C#Cc1cc(NC(=O)N[C@H]2CCN(C(C)=O)C2)nc2nc(Nc3ccc(N4CCN(C)CC4)cc3)ncc12. The Morgan fingerprint density at radius 3 is 2.53 bits per heavy atom. The summed E-state index contributed by atoms with van der Waals surface area (Å²) in [4.78, 5) is 44.0. The molecule has 2 saturated heterocycles. The molecule has 1 atom stereocenters. The molecule has 196 valence electrons. The minimum Gasteiger partial charge on any atom is -0.369 e. The number of fused-ring (bicyclic) bond motifs is 1. The van der Waals surface area contributed by atoms with E-state index < -0.39 is 6.03 Å². The number of terminal acetylenes is 1. The molecule has 1 aromatic carbocycles. The van der Waals surface area contributed by atoms with Crippen molar-refractivity contribution in [2.45, 2.75) is 19.4 Å². The van der Waals surface area contributed by atoms with Crippen LogP contribution in [0, 0.1) is 12.3 Å². The molecule has 2 aliphatic heterocycles. The lowest BCUT2D eigenvalue weighted by Crippen LogP contribution is -2.44. The maximum Gasteiger partial charge on any atom is 0.320 e. The zero-order valence-electron chi connectivity index (χ0n) is 21.6. The Kier molecular flexibility index (Phi) is 7.24. The van der Waals surface area contributed by atoms with Crippen LogP contribution in [0.5, 0.6) is 0 Å². The van der Waals surface area contributed by atoms with E-state index in [1.165, 1.54) is 12.6 Å². The zero-order valence-corrected chi connectivity index (χ0v) is 21.6. The lowest BCUT2D eigenvalue weighted by Gasteiger charge is -2.34. The van der Waals surface area contributed by atoms with Crippen molar-refractivity contribution < 1.29 is 9.59 Å². The average molecular weight is 514 g/mol. The molecule has 2 fully saturated rings. The van der Waals surface area contributed by atoms with Crippen LogP contribution in [0.25, 0.3) is 11.0 Å². The Morgan fingerprint density at radius 1 is 1.08 bits per heavy atom. The number of anilines is 4. The summed E-state index contributed by atoms with van der Waals surface area (Å²) in [5, 5.41) is 9.46. The van der Waals surface area contributed by atoms with Gasteiger partial charge >= 0.3 is 6.03 Å². The number of hydrogen-bond acceptors (Lipinski definition) is 8. The van der Waals surface area contributed by atoms with E-state index in [0.29, 0.717) is 42.1 Å². The molecule has 0 bridgehead atoms. The van der Waals surface area contributed by atoms with Crippen molar-refractivity contribution >= 4 is 46.1 Å². The van der Waals surface area contributed by atoms with Gasteiger partial charge in [0.1, 0.15) is 5.82 Å². The number of carbonyl (C=O) groups is 2. The van der Waals surface area contributed by atoms with Crippen LogP contribution in [0.15, 0.2) is 36.5 Å². The second-order valence-electron chi connectivity index (χ2n) is 9.64. The van der Waals surface area contributed by atoms with Crippen LogP contribution < -0.4 is 20.9 Å². The highest BCUT2D eigenvalue weighted by molar-refractivity contribution is 5.92. The van der Waals surface area contributed by atoms with E-state index in [4.69, 9.17) is 6.42 Å². The summed E-state index contributed by atoms with van der Waals surface area (Å²) in [6.07, 6.45) is 8.04. The van der Waals surface area contributed by atoms with Crippen molar-refractivity contribution in [1.29, 1.82) is 0 Å². The molecule has 0 radical (unpaired) electrons. The average Bonchev–Trinajstić information content (AvgIpc) is 3.38. The third kappa shape index (κ3) is 5.76. The molecule has 0 spiro atoms. The summed E-state index contributed by atoms with van der Waals surface area (Å²) in [5.41, 5.74) is 2.93. The van der Waals surface area contributed by atoms with Crippen LogP contribution in [-0.4, -0.2) is 89.0 Å². The number of nitrogens with zero attached hydrogens (tertiary/aromatic N) is 6. The Balaban J connectivity index is 1.27. The smallest absolute Gasteiger partial charge is 0.320 e. The number of aromatic nitrogens is 3. The van der Waals surface area contributed by atoms with E-state index in [9.17, 15) is 9.59 Å². The first-order valence-corrected chi connectivity index (χ1v) is 12.7. The van der Waals surface area contributed by atoms with Gasteiger partial charge in [-0.3, -0.25) is 10.1 Å². The van der Waals surface area contributed by atoms with Crippen molar-refractivity contribution in [2.24, 2.45) is 0 Å². The summed E-state index contributed by atoms with van der Waals surface area (Å²) in [5.74, 6) is 3.28. The molecular formula is C27H31N9O2. The number of piperazine rings is 1. The summed E-state index contributed by atoms with van der Waals surface area (Å²) < 4.78 is 0. The largest absolute Gasteiger partial charge is 0.369 e. The highest BCUT2D eigenvalue weighted by Crippen LogP contribution is 2.23. The monoisotopic (exact) mass is 513 g/mol. The van der Waals surface area contributed by atoms with Crippen LogP contribution in [-0.2, 0) is 4.79 Å². The first kappa shape index (κ1) is 25.2. The van der Waals surface area contributed by atoms with Gasteiger partial charge in [0.15, 0.2) is 5.65 Å². The molecular weight excluding hydrogens is 482 g/mol. The molecule has 2 aliphatic rings. The van der Waals surface area contributed by atoms with Crippen LogP contribution in [0.3, 0.4) is 0 Å². The normalized spacial score (nSPS) is 17.8. The first-order chi connectivity index (χ1) is 18.4. The quantitative estimate of drug-likeness (QED) is 0.445. The van der Waals surface area contributed by atoms with Crippen LogP contribution >= 0.6 is 0 Å². The van der Waals surface area contributed by atoms with Gasteiger partial charge in [0.2, 0.25) is 11.9 Å². The third-order valence-electron chi connectivity index (χ3n) is 6.92. The predicted molar refractivity (Wildman–Crippen MR) is 148 cm³/mol. The number of urea groups is 1. The van der Waals surface area contributed by atoms with Gasteiger partial charge in [0.25, 0.3) is 0 Å². The number of benzene rings is 1. The molecule has 3 N–H and O–H groups in total. The second-order valence-corrected chi connectivity index (χ2v) is 9.64. The maximum absolute atomic E-state index is 12.6.